The van der Waals surface area contributed by atoms with E-state index in [1.807, 2.05) is 30.3 Å². The fraction of sp³-hybridized carbons (Fsp3) is 0.455. The molecular formula is C44H49N7O5S. The molecule has 3 amide bonds. The topological polar surface area (TPSA) is 151 Å². The number of amides is 3. The van der Waals surface area contributed by atoms with Gasteiger partial charge in [0.1, 0.15) is 11.7 Å². The van der Waals surface area contributed by atoms with Gasteiger partial charge in [0.25, 0.3) is 5.91 Å². The predicted molar refractivity (Wildman–Crippen MR) is 221 cm³/mol. The number of rotatable bonds is 8. The number of hydrogen-bond donors (Lipinski definition) is 3. The van der Waals surface area contributed by atoms with Crippen molar-refractivity contribution in [2.24, 2.45) is 18.9 Å². The third-order valence-electron chi connectivity index (χ3n) is 12.0. The van der Waals surface area contributed by atoms with E-state index in [1.54, 1.807) is 61.2 Å². The summed E-state index contributed by atoms with van der Waals surface area (Å²) in [6, 6.07) is 14.0. The highest BCUT2D eigenvalue weighted by Gasteiger charge is 2.32. The molecule has 1 aliphatic carbocycles. The minimum absolute atomic E-state index is 0.205. The number of thiazole rings is 1. The van der Waals surface area contributed by atoms with Crippen molar-refractivity contribution in [1.29, 1.82) is 0 Å². The molecule has 1 unspecified atom stereocenters. The lowest BCUT2D eigenvalue weighted by Gasteiger charge is -2.36. The molecule has 57 heavy (non-hydrogen) atoms. The fourth-order valence-electron chi connectivity index (χ4n) is 8.85. The van der Waals surface area contributed by atoms with E-state index in [2.05, 4.69) is 32.4 Å². The number of pyridine rings is 1. The molecule has 1 saturated carbocycles. The van der Waals surface area contributed by atoms with E-state index in [1.165, 1.54) is 17.4 Å². The maximum Gasteiger partial charge on any atom is 0.329 e. The number of aliphatic hydroxyl groups is 1. The number of para-hydroxylation sites is 1. The number of carbonyl (C=O) groups excluding carboxylic acids is 3. The standard InChI is InChI=1S/C44H49N7O5S/c1-44(2,56)31-24-34-37(25-33(31)46-40(53)32-11-4-5-21-45-32)57-42(47-34)30-15-13-28(14-16-30)26-50-22-19-27(20-23-50)8-6-9-29-10-7-12-35-39(29)49(3)43(55)51(35)36-17-18-38(52)48-41(36)54/h4-5,7,10-12,21,24-25,27-28,30,36,56H,8,13-20,22-23,26H2,1-3H3,(H,46,53)(H,48,52,54). The zero-order chi connectivity index (χ0) is 39.8. The second kappa shape index (κ2) is 16.0. The molecule has 3 aromatic heterocycles. The molecule has 2 aromatic carbocycles. The molecule has 13 heteroatoms. The molecule has 1 atom stereocenters. The smallest absolute Gasteiger partial charge is 0.329 e. The fourth-order valence-corrected chi connectivity index (χ4v) is 10.0. The largest absolute Gasteiger partial charge is 0.386 e. The van der Waals surface area contributed by atoms with Crippen LogP contribution in [0.2, 0.25) is 0 Å². The summed E-state index contributed by atoms with van der Waals surface area (Å²) in [5, 5.41) is 17.5. The van der Waals surface area contributed by atoms with Crippen LogP contribution in [-0.2, 0) is 22.2 Å². The Morgan fingerprint density at radius 1 is 1.00 bits per heavy atom. The van der Waals surface area contributed by atoms with E-state index in [-0.39, 0.29) is 23.9 Å². The second-order valence-electron chi connectivity index (χ2n) is 16.5. The molecule has 3 aliphatic rings. The molecule has 5 heterocycles. The Morgan fingerprint density at radius 2 is 1.79 bits per heavy atom. The van der Waals surface area contributed by atoms with E-state index in [0.29, 0.717) is 52.2 Å². The van der Waals surface area contributed by atoms with Crippen LogP contribution in [-0.4, -0.2) is 66.5 Å². The number of aryl methyl sites for hydroxylation is 1. The van der Waals surface area contributed by atoms with Crippen molar-refractivity contribution in [3.63, 3.8) is 0 Å². The first kappa shape index (κ1) is 38.7. The zero-order valence-corrected chi connectivity index (χ0v) is 33.5. The molecular weight excluding hydrogens is 739 g/mol. The van der Waals surface area contributed by atoms with Crippen LogP contribution in [0.4, 0.5) is 5.69 Å². The van der Waals surface area contributed by atoms with Crippen LogP contribution in [0, 0.1) is 23.7 Å². The van der Waals surface area contributed by atoms with Gasteiger partial charge in [0, 0.05) is 49.8 Å². The van der Waals surface area contributed by atoms with Crippen molar-refractivity contribution >= 4 is 56.0 Å². The first-order chi connectivity index (χ1) is 27.4. The average Bonchev–Trinajstić information content (AvgIpc) is 3.73. The summed E-state index contributed by atoms with van der Waals surface area (Å²) >= 11 is 1.69. The number of carbonyl (C=O) groups is 3. The molecule has 3 fully saturated rings. The van der Waals surface area contributed by atoms with Gasteiger partial charge in [-0.15, -0.1) is 11.3 Å². The lowest BCUT2D eigenvalue weighted by Crippen LogP contribution is -2.44. The number of piperidine rings is 2. The lowest BCUT2D eigenvalue weighted by atomic mass is 9.81. The van der Waals surface area contributed by atoms with E-state index < -0.39 is 17.6 Å². The van der Waals surface area contributed by atoms with Gasteiger partial charge < -0.3 is 15.3 Å². The van der Waals surface area contributed by atoms with Gasteiger partial charge in [-0.25, -0.2) is 9.78 Å². The number of nitrogens with one attached hydrogen (secondary N) is 2. The Bertz CT molecular complexity index is 2450. The second-order valence-corrected chi connectivity index (χ2v) is 17.5. The number of aromatic nitrogens is 4. The summed E-state index contributed by atoms with van der Waals surface area (Å²) in [6.07, 6.45) is 9.67. The van der Waals surface area contributed by atoms with Gasteiger partial charge in [-0.2, -0.15) is 0 Å². The minimum Gasteiger partial charge on any atom is -0.386 e. The molecule has 12 nitrogen and oxygen atoms in total. The third kappa shape index (κ3) is 8.17. The van der Waals surface area contributed by atoms with Gasteiger partial charge in [-0.3, -0.25) is 33.8 Å². The van der Waals surface area contributed by atoms with Gasteiger partial charge in [0.2, 0.25) is 11.8 Å². The third-order valence-corrected chi connectivity index (χ3v) is 13.2. The van der Waals surface area contributed by atoms with Crippen LogP contribution in [0.15, 0.2) is 59.5 Å². The van der Waals surface area contributed by atoms with E-state index in [0.717, 1.165) is 72.5 Å². The van der Waals surface area contributed by atoms with Crippen molar-refractivity contribution in [1.82, 2.24) is 29.3 Å². The highest BCUT2D eigenvalue weighted by molar-refractivity contribution is 7.18. The maximum atomic E-state index is 13.3. The van der Waals surface area contributed by atoms with Crippen LogP contribution in [0.5, 0.6) is 0 Å². The van der Waals surface area contributed by atoms with E-state index in [9.17, 15) is 24.3 Å². The summed E-state index contributed by atoms with van der Waals surface area (Å²) in [5.41, 5.74) is 3.05. The summed E-state index contributed by atoms with van der Waals surface area (Å²) in [4.78, 5) is 62.4. The molecule has 3 N–H and O–H groups in total. The van der Waals surface area contributed by atoms with Crippen molar-refractivity contribution in [3.8, 4) is 11.8 Å². The number of imidazole rings is 1. The Kier molecular flexibility index (Phi) is 10.9. The van der Waals surface area contributed by atoms with Crippen molar-refractivity contribution in [2.45, 2.75) is 89.2 Å². The summed E-state index contributed by atoms with van der Waals surface area (Å²) in [6.45, 7) is 6.72. The van der Waals surface area contributed by atoms with E-state index >= 15 is 0 Å². The zero-order valence-electron chi connectivity index (χ0n) is 32.7. The van der Waals surface area contributed by atoms with Gasteiger partial charge in [-0.05, 0) is 120 Å². The van der Waals surface area contributed by atoms with Crippen molar-refractivity contribution in [2.75, 3.05) is 25.0 Å². The first-order valence-corrected chi connectivity index (χ1v) is 20.9. The molecule has 2 saturated heterocycles. The monoisotopic (exact) mass is 787 g/mol. The van der Waals surface area contributed by atoms with Crippen LogP contribution in [0.25, 0.3) is 21.3 Å². The quantitative estimate of drug-likeness (QED) is 0.124. The van der Waals surface area contributed by atoms with Crippen LogP contribution < -0.4 is 16.3 Å². The summed E-state index contributed by atoms with van der Waals surface area (Å²) in [7, 11) is 1.71. The number of benzene rings is 2. The summed E-state index contributed by atoms with van der Waals surface area (Å²) < 4.78 is 4.06. The van der Waals surface area contributed by atoms with Crippen molar-refractivity contribution in [3.05, 3.63) is 87.0 Å². The van der Waals surface area contributed by atoms with Gasteiger partial charge >= 0.3 is 5.69 Å². The molecule has 296 valence electrons. The normalized spacial score (nSPS) is 21.0. The van der Waals surface area contributed by atoms with Crippen LogP contribution in [0.3, 0.4) is 0 Å². The number of imide groups is 1. The van der Waals surface area contributed by atoms with Crippen LogP contribution in [0.1, 0.15) is 110 Å². The minimum atomic E-state index is -1.17. The highest BCUT2D eigenvalue weighted by atomic mass is 32.1. The Labute approximate surface area is 335 Å². The molecule has 0 spiro atoms. The number of hydrogen-bond acceptors (Lipinski definition) is 9. The highest BCUT2D eigenvalue weighted by Crippen LogP contribution is 2.42. The molecule has 2 aliphatic heterocycles. The Hall–Kier alpha value is -5.16. The molecule has 0 bridgehead atoms. The van der Waals surface area contributed by atoms with Gasteiger partial charge in [0.05, 0.1) is 37.4 Å². The Balaban J connectivity index is 0.843. The number of fused-ring (bicyclic) bond motifs is 2. The molecule has 5 aromatic rings. The SMILES string of the molecule is Cn1c(=O)n(C2CCC(=O)NC2=O)c2cccc(C#CCC3CCN(CC4CCC(c5nc6cc(C(C)(C)O)c(NC(=O)c7ccccn7)cc6s5)CC4)CC3)c21. The van der Waals surface area contributed by atoms with Gasteiger partial charge in [-0.1, -0.05) is 24.0 Å². The van der Waals surface area contributed by atoms with Crippen molar-refractivity contribution < 1.29 is 19.5 Å². The number of anilines is 1. The maximum absolute atomic E-state index is 13.3. The molecule has 8 rings (SSSR count). The molecule has 0 radical (unpaired) electrons. The van der Waals surface area contributed by atoms with Gasteiger partial charge in [0.15, 0.2) is 0 Å². The average molecular weight is 788 g/mol. The van der Waals surface area contributed by atoms with E-state index in [4.69, 9.17) is 4.98 Å². The van der Waals surface area contributed by atoms with Crippen LogP contribution >= 0.6 is 11.3 Å². The Morgan fingerprint density at radius 3 is 2.51 bits per heavy atom. The predicted octanol–water partition coefficient (Wildman–Crippen LogP) is 6.23. The first-order valence-electron chi connectivity index (χ1n) is 20.1. The summed E-state index contributed by atoms with van der Waals surface area (Å²) in [5.74, 6) is 7.29. The number of likely N-dealkylation sites (tertiary alicyclic amines) is 1. The lowest BCUT2D eigenvalue weighted by molar-refractivity contribution is -0.135. The number of nitrogens with zero attached hydrogens (tertiary/aromatic N) is 5.